The summed E-state index contributed by atoms with van der Waals surface area (Å²) in [5, 5.41) is 0. The van der Waals surface area contributed by atoms with Gasteiger partial charge >= 0.3 is 6.16 Å². The molecule has 5 heteroatoms. The fraction of sp³-hybridized carbons (Fsp3) is 0.579. The smallest absolute Gasteiger partial charge is 0.435 e. The normalized spacial score (nSPS) is 20.1. The van der Waals surface area contributed by atoms with E-state index >= 15 is 0 Å². The third kappa shape index (κ3) is 4.08. The van der Waals surface area contributed by atoms with Crippen molar-refractivity contribution in [3.63, 3.8) is 0 Å². The second-order valence-corrected chi connectivity index (χ2v) is 6.60. The molecule has 24 heavy (non-hydrogen) atoms. The molecule has 1 aromatic rings. The van der Waals surface area contributed by atoms with Crippen molar-refractivity contribution in [2.24, 2.45) is 5.92 Å². The number of carbonyl (C=O) groups is 2. The number of rotatable bonds is 4. The largest absolute Gasteiger partial charge is 0.510 e. The van der Waals surface area contributed by atoms with Gasteiger partial charge in [-0.05, 0) is 50.8 Å². The van der Waals surface area contributed by atoms with E-state index in [0.29, 0.717) is 13.0 Å². The molecule has 0 aromatic heterocycles. The molecule has 0 N–H and O–H groups in total. The van der Waals surface area contributed by atoms with Crippen LogP contribution in [0.4, 0.5) is 4.79 Å². The van der Waals surface area contributed by atoms with E-state index < -0.39 is 12.4 Å². The van der Waals surface area contributed by atoms with Crippen molar-refractivity contribution >= 4 is 12.1 Å². The predicted molar refractivity (Wildman–Crippen MR) is 91.7 cm³/mol. The minimum absolute atomic E-state index is 0.0105. The van der Waals surface area contributed by atoms with Crippen LogP contribution in [0.3, 0.4) is 0 Å². The van der Waals surface area contributed by atoms with E-state index in [0.717, 1.165) is 23.1 Å². The molecule has 1 aliphatic rings. The molecule has 2 rings (SSSR count). The lowest BCUT2D eigenvalue weighted by Gasteiger charge is -2.26. The fourth-order valence-electron chi connectivity index (χ4n) is 3.36. The van der Waals surface area contributed by atoms with Crippen molar-refractivity contribution in [1.82, 2.24) is 4.90 Å². The van der Waals surface area contributed by atoms with Crippen molar-refractivity contribution in [2.75, 3.05) is 13.2 Å². The minimum atomic E-state index is -0.711. The number of aryl methyl sites for hydroxylation is 3. The molecule has 0 radical (unpaired) electrons. The van der Waals surface area contributed by atoms with Crippen molar-refractivity contribution in [2.45, 2.75) is 53.7 Å². The molecule has 5 nitrogen and oxygen atoms in total. The van der Waals surface area contributed by atoms with E-state index in [2.05, 4.69) is 19.1 Å². The van der Waals surface area contributed by atoms with Crippen LogP contribution >= 0.6 is 0 Å². The topological polar surface area (TPSA) is 55.8 Å². The second-order valence-electron chi connectivity index (χ2n) is 6.60. The Morgan fingerprint density at radius 3 is 2.42 bits per heavy atom. The SMILES string of the molecule is CCOC(=O)OC1C(C)CCN1C(=O)Cc1c(C)cc(C)cc1C. The fourth-order valence-corrected chi connectivity index (χ4v) is 3.36. The maximum atomic E-state index is 12.8. The highest BCUT2D eigenvalue weighted by Crippen LogP contribution is 2.27. The molecule has 1 saturated heterocycles. The monoisotopic (exact) mass is 333 g/mol. The Morgan fingerprint density at radius 2 is 1.83 bits per heavy atom. The van der Waals surface area contributed by atoms with Gasteiger partial charge in [0.2, 0.25) is 5.91 Å². The highest BCUT2D eigenvalue weighted by atomic mass is 16.7. The van der Waals surface area contributed by atoms with Gasteiger partial charge in [0, 0.05) is 12.5 Å². The average Bonchev–Trinajstić information content (AvgIpc) is 2.84. The van der Waals surface area contributed by atoms with Gasteiger partial charge in [-0.25, -0.2) is 4.79 Å². The lowest BCUT2D eigenvalue weighted by molar-refractivity contribution is -0.140. The first-order valence-electron chi connectivity index (χ1n) is 8.53. The molecule has 1 heterocycles. The molecular weight excluding hydrogens is 306 g/mol. The van der Waals surface area contributed by atoms with Gasteiger partial charge in [-0.15, -0.1) is 0 Å². The zero-order valence-electron chi connectivity index (χ0n) is 15.2. The first-order valence-corrected chi connectivity index (χ1v) is 8.53. The number of carbonyl (C=O) groups excluding carboxylic acids is 2. The molecule has 2 atom stereocenters. The van der Waals surface area contributed by atoms with Crippen LogP contribution in [-0.4, -0.2) is 36.3 Å². The van der Waals surface area contributed by atoms with Gasteiger partial charge in [0.25, 0.3) is 0 Å². The highest BCUT2D eigenvalue weighted by Gasteiger charge is 2.37. The molecule has 1 aromatic carbocycles. The lowest BCUT2D eigenvalue weighted by Crippen LogP contribution is -2.41. The van der Waals surface area contributed by atoms with Gasteiger partial charge in [0.1, 0.15) is 0 Å². The van der Waals surface area contributed by atoms with Crippen LogP contribution < -0.4 is 0 Å². The van der Waals surface area contributed by atoms with Crippen LogP contribution in [-0.2, 0) is 20.7 Å². The summed E-state index contributed by atoms with van der Waals surface area (Å²) >= 11 is 0. The molecule has 1 aliphatic heterocycles. The molecule has 132 valence electrons. The summed E-state index contributed by atoms with van der Waals surface area (Å²) in [6.45, 7) is 10.7. The third-order valence-corrected chi connectivity index (χ3v) is 4.59. The van der Waals surface area contributed by atoms with Gasteiger partial charge in [0.15, 0.2) is 6.23 Å². The second kappa shape index (κ2) is 7.69. The van der Waals surface area contributed by atoms with E-state index in [1.165, 1.54) is 5.56 Å². The summed E-state index contributed by atoms with van der Waals surface area (Å²) in [6, 6.07) is 4.18. The van der Waals surface area contributed by atoms with E-state index in [1.54, 1.807) is 11.8 Å². The Kier molecular flexibility index (Phi) is 5.86. The van der Waals surface area contributed by atoms with Crippen LogP contribution in [0.25, 0.3) is 0 Å². The summed E-state index contributed by atoms with van der Waals surface area (Å²) in [4.78, 5) is 26.1. The number of hydrogen-bond donors (Lipinski definition) is 0. The molecule has 1 fully saturated rings. The molecule has 0 aliphatic carbocycles. The predicted octanol–water partition coefficient (Wildman–Crippen LogP) is 3.52. The summed E-state index contributed by atoms with van der Waals surface area (Å²) in [6.07, 6.45) is -0.103. The third-order valence-electron chi connectivity index (χ3n) is 4.59. The zero-order valence-corrected chi connectivity index (χ0v) is 15.2. The lowest BCUT2D eigenvalue weighted by atomic mass is 9.97. The Morgan fingerprint density at radius 1 is 1.21 bits per heavy atom. The minimum Gasteiger partial charge on any atom is -0.435 e. The zero-order chi connectivity index (χ0) is 17.9. The van der Waals surface area contributed by atoms with Gasteiger partial charge < -0.3 is 14.4 Å². The summed E-state index contributed by atoms with van der Waals surface area (Å²) in [7, 11) is 0. The molecule has 2 unspecified atom stereocenters. The quantitative estimate of drug-likeness (QED) is 0.791. The first-order chi connectivity index (χ1) is 11.3. The molecular formula is C19H27NO4. The summed E-state index contributed by atoms with van der Waals surface area (Å²) in [5.41, 5.74) is 4.49. The van der Waals surface area contributed by atoms with Crippen LogP contribution in [0.15, 0.2) is 12.1 Å². The van der Waals surface area contributed by atoms with Gasteiger partial charge in [-0.1, -0.05) is 24.6 Å². The Balaban J connectivity index is 2.12. The van der Waals surface area contributed by atoms with Crippen molar-refractivity contribution in [1.29, 1.82) is 0 Å². The van der Waals surface area contributed by atoms with Gasteiger partial charge in [0.05, 0.1) is 13.0 Å². The summed E-state index contributed by atoms with van der Waals surface area (Å²) < 4.78 is 10.2. The highest BCUT2D eigenvalue weighted by molar-refractivity contribution is 5.80. The van der Waals surface area contributed by atoms with Crippen molar-refractivity contribution in [3.05, 3.63) is 34.4 Å². The Labute approximate surface area is 143 Å². The number of likely N-dealkylation sites (tertiary alicyclic amines) is 1. The number of ether oxygens (including phenoxy) is 2. The van der Waals surface area contributed by atoms with E-state index in [4.69, 9.17) is 9.47 Å². The van der Waals surface area contributed by atoms with Crippen molar-refractivity contribution in [3.8, 4) is 0 Å². The number of benzene rings is 1. The van der Waals surface area contributed by atoms with Crippen LogP contribution in [0, 0.1) is 26.7 Å². The van der Waals surface area contributed by atoms with E-state index in [1.807, 2.05) is 20.8 Å². The maximum Gasteiger partial charge on any atom is 0.510 e. The molecule has 0 spiro atoms. The first kappa shape index (κ1) is 18.3. The summed E-state index contributed by atoms with van der Waals surface area (Å²) in [5.74, 6) is 0.0993. The molecule has 1 amide bonds. The van der Waals surface area contributed by atoms with Crippen LogP contribution in [0.1, 0.15) is 42.5 Å². The van der Waals surface area contributed by atoms with Gasteiger partial charge in [-0.3, -0.25) is 4.79 Å². The number of hydrogen-bond acceptors (Lipinski definition) is 4. The average molecular weight is 333 g/mol. The number of nitrogens with zero attached hydrogens (tertiary/aromatic N) is 1. The molecule has 0 bridgehead atoms. The van der Waals surface area contributed by atoms with E-state index in [9.17, 15) is 9.59 Å². The number of amides is 1. The van der Waals surface area contributed by atoms with Crippen LogP contribution in [0.5, 0.6) is 0 Å². The van der Waals surface area contributed by atoms with Gasteiger partial charge in [-0.2, -0.15) is 0 Å². The van der Waals surface area contributed by atoms with Crippen LogP contribution in [0.2, 0.25) is 0 Å². The van der Waals surface area contributed by atoms with E-state index in [-0.39, 0.29) is 18.4 Å². The Bertz CT molecular complexity index is 603. The Hall–Kier alpha value is -2.04. The standard InChI is InChI=1S/C19H27NO4/c1-6-23-19(22)24-18-13(3)7-8-20(18)17(21)11-16-14(4)9-12(2)10-15(16)5/h9-10,13,18H,6-8,11H2,1-5H3. The molecule has 0 saturated carbocycles. The maximum absolute atomic E-state index is 12.8. The van der Waals surface area contributed by atoms with Crippen molar-refractivity contribution < 1.29 is 19.1 Å².